The van der Waals surface area contributed by atoms with Crippen LogP contribution in [-0.2, 0) is 16.1 Å². The van der Waals surface area contributed by atoms with Crippen molar-refractivity contribution in [3.8, 4) is 0 Å². The molecule has 38 heavy (non-hydrogen) atoms. The van der Waals surface area contributed by atoms with Gasteiger partial charge in [-0.15, -0.1) is 11.8 Å². The molecule has 0 saturated carbocycles. The van der Waals surface area contributed by atoms with E-state index < -0.39 is 16.7 Å². The highest BCUT2D eigenvalue weighted by molar-refractivity contribution is 8.00. The van der Waals surface area contributed by atoms with E-state index in [0.29, 0.717) is 10.6 Å². The van der Waals surface area contributed by atoms with E-state index in [1.165, 1.54) is 17.8 Å². The Balaban J connectivity index is 1.46. The lowest BCUT2D eigenvalue weighted by molar-refractivity contribution is 0.155. The highest BCUT2D eigenvalue weighted by Crippen LogP contribution is 2.52. The highest BCUT2D eigenvalue weighted by Gasteiger charge is 2.38. The molecule has 0 aliphatic rings. The number of carbonyl (C=O) groups is 1. The molecule has 0 aromatic heterocycles. The third-order valence-corrected chi connectivity index (χ3v) is 7.76. The zero-order chi connectivity index (χ0) is 26.2. The molecule has 1 amide bonds. The van der Waals surface area contributed by atoms with E-state index in [1.807, 2.05) is 84.9 Å². The van der Waals surface area contributed by atoms with Crippen LogP contribution in [0.4, 0.5) is 14.9 Å². The van der Waals surface area contributed by atoms with Crippen LogP contribution in [-0.4, -0.2) is 6.09 Å². The van der Waals surface area contributed by atoms with E-state index in [4.69, 9.17) is 4.74 Å². The number of halogens is 1. The molecule has 0 radical (unpaired) electrons. The van der Waals surface area contributed by atoms with Gasteiger partial charge in [-0.05, 0) is 40.5 Å². The average molecular weight is 520 g/mol. The van der Waals surface area contributed by atoms with Gasteiger partial charge in [0, 0.05) is 10.6 Å². The summed E-state index contributed by atoms with van der Waals surface area (Å²) in [6.07, 6.45) is -0.638. The van der Waals surface area contributed by atoms with Crippen molar-refractivity contribution in [3.63, 3.8) is 0 Å². The van der Waals surface area contributed by atoms with Crippen LogP contribution in [0.5, 0.6) is 0 Å². The number of thioether (sulfide) groups is 1. The van der Waals surface area contributed by atoms with E-state index in [-0.39, 0.29) is 6.61 Å². The Kier molecular flexibility index (Phi) is 7.86. The maximum atomic E-state index is 15.6. The standard InChI is InChI=1S/C33H26FNO2S/c34-30-23-29(35-32(36)37-24-25-13-5-1-6-14-25)21-22-31(30)38-33(26-15-7-2-8-16-26,27-17-9-3-10-18-27)28-19-11-4-12-20-28/h1-23H,24H2,(H,35,36). The Bertz CT molecular complexity index is 1380. The monoisotopic (exact) mass is 519 g/mol. The fraction of sp³-hybridized carbons (Fsp3) is 0.0606. The molecular formula is C33H26FNO2S. The maximum absolute atomic E-state index is 15.6. The normalized spacial score (nSPS) is 11.1. The van der Waals surface area contributed by atoms with Crippen LogP contribution < -0.4 is 5.32 Å². The summed E-state index contributed by atoms with van der Waals surface area (Å²) in [7, 11) is 0. The summed E-state index contributed by atoms with van der Waals surface area (Å²) in [5.41, 5.74) is 4.31. The molecule has 188 valence electrons. The lowest BCUT2D eigenvalue weighted by Gasteiger charge is -2.35. The zero-order valence-electron chi connectivity index (χ0n) is 20.6. The van der Waals surface area contributed by atoms with Gasteiger partial charge in [0.05, 0.1) is 4.75 Å². The Hall–Kier alpha value is -4.35. The first-order chi connectivity index (χ1) is 18.6. The van der Waals surface area contributed by atoms with Gasteiger partial charge in [-0.25, -0.2) is 9.18 Å². The summed E-state index contributed by atoms with van der Waals surface area (Å²) in [4.78, 5) is 12.8. The molecular weight excluding hydrogens is 493 g/mol. The maximum Gasteiger partial charge on any atom is 0.411 e. The molecule has 0 fully saturated rings. The molecule has 0 aliphatic heterocycles. The second-order valence-corrected chi connectivity index (χ2v) is 9.97. The first-order valence-electron chi connectivity index (χ1n) is 12.3. The smallest absolute Gasteiger partial charge is 0.411 e. The first kappa shape index (κ1) is 25.3. The Morgan fingerprint density at radius 3 is 1.63 bits per heavy atom. The Morgan fingerprint density at radius 2 is 1.16 bits per heavy atom. The third-order valence-electron chi connectivity index (χ3n) is 6.20. The largest absolute Gasteiger partial charge is 0.444 e. The van der Waals surface area contributed by atoms with Crippen molar-refractivity contribution in [3.05, 3.63) is 168 Å². The number of ether oxygens (including phenoxy) is 1. The molecule has 5 heteroatoms. The Labute approximate surface area is 226 Å². The van der Waals surface area contributed by atoms with Crippen LogP contribution in [0, 0.1) is 5.82 Å². The van der Waals surface area contributed by atoms with Gasteiger partial charge in [0.1, 0.15) is 12.4 Å². The summed E-state index contributed by atoms with van der Waals surface area (Å²) in [6, 6.07) is 44.5. The number of hydrogen-bond donors (Lipinski definition) is 1. The van der Waals surface area contributed by atoms with E-state index in [2.05, 4.69) is 41.7 Å². The minimum Gasteiger partial charge on any atom is -0.444 e. The van der Waals surface area contributed by atoms with E-state index >= 15 is 4.39 Å². The average Bonchev–Trinajstić information content (AvgIpc) is 2.98. The lowest BCUT2D eigenvalue weighted by atomic mass is 9.84. The van der Waals surface area contributed by atoms with Gasteiger partial charge in [0.2, 0.25) is 0 Å². The second kappa shape index (κ2) is 11.8. The quantitative estimate of drug-likeness (QED) is 0.165. The van der Waals surface area contributed by atoms with E-state index in [1.54, 1.807) is 12.1 Å². The van der Waals surface area contributed by atoms with Gasteiger partial charge in [0.25, 0.3) is 0 Å². The lowest BCUT2D eigenvalue weighted by Crippen LogP contribution is -2.25. The predicted molar refractivity (Wildman–Crippen MR) is 152 cm³/mol. The van der Waals surface area contributed by atoms with Gasteiger partial charge in [0.15, 0.2) is 0 Å². The number of hydrogen-bond acceptors (Lipinski definition) is 3. The molecule has 5 rings (SSSR count). The topological polar surface area (TPSA) is 38.3 Å². The molecule has 0 atom stereocenters. The van der Waals surface area contributed by atoms with Crippen molar-refractivity contribution in [2.24, 2.45) is 0 Å². The van der Waals surface area contributed by atoms with Crippen molar-refractivity contribution in [1.29, 1.82) is 0 Å². The van der Waals surface area contributed by atoms with Crippen molar-refractivity contribution < 1.29 is 13.9 Å². The number of amides is 1. The molecule has 3 nitrogen and oxygen atoms in total. The predicted octanol–water partition coefficient (Wildman–Crippen LogP) is 8.66. The van der Waals surface area contributed by atoms with Crippen LogP contribution in [0.1, 0.15) is 22.3 Å². The minimum atomic E-state index is -0.700. The van der Waals surface area contributed by atoms with Crippen LogP contribution in [0.3, 0.4) is 0 Å². The van der Waals surface area contributed by atoms with Crippen molar-refractivity contribution in [2.75, 3.05) is 5.32 Å². The molecule has 0 heterocycles. The number of benzene rings is 5. The number of nitrogens with one attached hydrogen (secondary N) is 1. The second-order valence-electron chi connectivity index (χ2n) is 8.71. The molecule has 0 bridgehead atoms. The van der Waals surface area contributed by atoms with E-state index in [9.17, 15) is 4.79 Å². The van der Waals surface area contributed by atoms with Gasteiger partial charge < -0.3 is 4.74 Å². The number of anilines is 1. The highest BCUT2D eigenvalue weighted by atomic mass is 32.2. The fourth-order valence-corrected chi connectivity index (χ4v) is 5.78. The number of carbonyl (C=O) groups excluding carboxylic acids is 1. The minimum absolute atomic E-state index is 0.136. The summed E-state index contributed by atoms with van der Waals surface area (Å²) < 4.78 is 20.2. The van der Waals surface area contributed by atoms with Gasteiger partial charge in [-0.3, -0.25) is 5.32 Å². The van der Waals surface area contributed by atoms with Gasteiger partial charge in [-0.2, -0.15) is 0 Å². The number of rotatable bonds is 8. The van der Waals surface area contributed by atoms with Crippen LogP contribution in [0.2, 0.25) is 0 Å². The summed E-state index contributed by atoms with van der Waals surface area (Å²) >= 11 is 1.44. The van der Waals surface area contributed by atoms with Crippen molar-refractivity contribution in [1.82, 2.24) is 0 Å². The van der Waals surface area contributed by atoms with Crippen LogP contribution in [0.25, 0.3) is 0 Å². The summed E-state index contributed by atoms with van der Waals surface area (Å²) in [5.74, 6) is -0.428. The molecule has 5 aromatic rings. The third kappa shape index (κ3) is 5.63. The van der Waals surface area contributed by atoms with Crippen molar-refractivity contribution in [2.45, 2.75) is 16.2 Å². The molecule has 0 spiro atoms. The van der Waals surface area contributed by atoms with E-state index in [0.717, 1.165) is 22.3 Å². The van der Waals surface area contributed by atoms with Crippen LogP contribution >= 0.6 is 11.8 Å². The molecule has 5 aromatic carbocycles. The Morgan fingerprint density at radius 1 is 0.684 bits per heavy atom. The van der Waals surface area contributed by atoms with Crippen LogP contribution in [0.15, 0.2) is 144 Å². The molecule has 1 N–H and O–H groups in total. The fourth-order valence-electron chi connectivity index (χ4n) is 4.40. The zero-order valence-corrected chi connectivity index (χ0v) is 21.4. The summed E-state index contributed by atoms with van der Waals surface area (Å²) in [5, 5.41) is 2.63. The molecule has 0 saturated heterocycles. The first-order valence-corrected chi connectivity index (χ1v) is 13.1. The molecule has 0 aliphatic carbocycles. The SMILES string of the molecule is O=C(Nc1ccc(SC(c2ccccc2)(c2ccccc2)c2ccccc2)c(F)c1)OCc1ccccc1. The van der Waals surface area contributed by atoms with Gasteiger partial charge >= 0.3 is 6.09 Å². The summed E-state index contributed by atoms with van der Waals surface area (Å²) in [6.45, 7) is 0.136. The van der Waals surface area contributed by atoms with Gasteiger partial charge in [-0.1, -0.05) is 121 Å². The van der Waals surface area contributed by atoms with Crippen molar-refractivity contribution >= 4 is 23.5 Å². The molecule has 0 unspecified atom stereocenters.